The SMILES string of the molecule is Nc1c(F)c(N2CCNC(=O)CC2)c(Cl)c2c1c(=O)c(C(=O)O)cn2C1CC1. The molecule has 148 valence electrons. The molecule has 1 amide bonds. The number of benzene rings is 1. The highest BCUT2D eigenvalue weighted by Crippen LogP contribution is 2.44. The molecule has 2 fully saturated rings. The van der Waals surface area contributed by atoms with E-state index in [1.165, 1.54) is 6.20 Å². The van der Waals surface area contributed by atoms with E-state index in [4.69, 9.17) is 17.3 Å². The van der Waals surface area contributed by atoms with Gasteiger partial charge >= 0.3 is 5.97 Å². The van der Waals surface area contributed by atoms with Crippen LogP contribution in [0.25, 0.3) is 10.9 Å². The molecule has 1 aliphatic carbocycles. The highest BCUT2D eigenvalue weighted by molar-refractivity contribution is 6.38. The van der Waals surface area contributed by atoms with Gasteiger partial charge < -0.3 is 25.6 Å². The molecule has 10 heteroatoms. The van der Waals surface area contributed by atoms with Gasteiger partial charge in [0.05, 0.1) is 27.3 Å². The first-order valence-electron chi connectivity index (χ1n) is 8.91. The van der Waals surface area contributed by atoms with Crippen LogP contribution in [-0.2, 0) is 4.79 Å². The number of aromatic nitrogens is 1. The van der Waals surface area contributed by atoms with Gasteiger partial charge in [-0.25, -0.2) is 9.18 Å². The van der Waals surface area contributed by atoms with E-state index in [0.717, 1.165) is 12.8 Å². The average molecular weight is 409 g/mol. The van der Waals surface area contributed by atoms with Crippen molar-refractivity contribution in [2.45, 2.75) is 25.3 Å². The second-order valence-electron chi connectivity index (χ2n) is 7.02. The molecule has 0 atom stereocenters. The molecule has 28 heavy (non-hydrogen) atoms. The summed E-state index contributed by atoms with van der Waals surface area (Å²) < 4.78 is 16.8. The number of hydrogen-bond acceptors (Lipinski definition) is 5. The number of nitrogen functional groups attached to an aromatic ring is 1. The summed E-state index contributed by atoms with van der Waals surface area (Å²) in [6.07, 6.45) is 3.01. The zero-order chi connectivity index (χ0) is 20.2. The van der Waals surface area contributed by atoms with Crippen molar-refractivity contribution in [1.29, 1.82) is 0 Å². The minimum atomic E-state index is -1.40. The zero-order valence-corrected chi connectivity index (χ0v) is 15.6. The molecule has 0 bridgehead atoms. The fourth-order valence-electron chi connectivity index (χ4n) is 3.61. The number of carboxylic acids is 1. The normalized spacial score (nSPS) is 17.5. The Balaban J connectivity index is 2.03. The second kappa shape index (κ2) is 6.66. The number of amides is 1. The molecule has 8 nitrogen and oxygen atoms in total. The van der Waals surface area contributed by atoms with Gasteiger partial charge in [0.15, 0.2) is 5.82 Å². The summed E-state index contributed by atoms with van der Waals surface area (Å²) in [5.41, 5.74) is 4.46. The number of rotatable bonds is 3. The van der Waals surface area contributed by atoms with Gasteiger partial charge in [-0.1, -0.05) is 11.6 Å². The quantitative estimate of drug-likeness (QED) is 0.666. The number of nitrogens with zero attached hydrogens (tertiary/aromatic N) is 2. The maximum absolute atomic E-state index is 15.2. The van der Waals surface area contributed by atoms with Crippen LogP contribution in [0.3, 0.4) is 0 Å². The van der Waals surface area contributed by atoms with Gasteiger partial charge in [0.2, 0.25) is 11.3 Å². The molecule has 1 saturated heterocycles. The Labute approximate surface area is 163 Å². The molecule has 2 aromatic rings. The lowest BCUT2D eigenvalue weighted by Crippen LogP contribution is -2.30. The molecule has 0 unspecified atom stereocenters. The van der Waals surface area contributed by atoms with Gasteiger partial charge in [-0.05, 0) is 12.8 Å². The third-order valence-corrected chi connectivity index (χ3v) is 5.52. The summed E-state index contributed by atoms with van der Waals surface area (Å²) in [6.45, 7) is 0.891. The van der Waals surface area contributed by atoms with Gasteiger partial charge in [-0.15, -0.1) is 0 Å². The fourth-order valence-corrected chi connectivity index (χ4v) is 4.01. The van der Waals surface area contributed by atoms with E-state index in [9.17, 15) is 19.5 Å². The number of nitrogens with two attached hydrogens (primary N) is 1. The van der Waals surface area contributed by atoms with Gasteiger partial charge in [0.25, 0.3) is 0 Å². The van der Waals surface area contributed by atoms with E-state index in [2.05, 4.69) is 5.32 Å². The van der Waals surface area contributed by atoms with Crippen molar-refractivity contribution in [1.82, 2.24) is 9.88 Å². The van der Waals surface area contributed by atoms with Gasteiger partial charge in [-0.2, -0.15) is 0 Å². The van der Waals surface area contributed by atoms with Crippen molar-refractivity contribution in [3.05, 3.63) is 32.8 Å². The molecule has 2 heterocycles. The Bertz CT molecular complexity index is 1080. The summed E-state index contributed by atoms with van der Waals surface area (Å²) in [6, 6.07) is -0.0243. The number of carbonyl (C=O) groups excluding carboxylic acids is 1. The summed E-state index contributed by atoms with van der Waals surface area (Å²) in [4.78, 5) is 37.4. The standard InChI is InChI=1S/C18H18ClFN4O4/c19-12-15-11(17(26)9(18(27)28)7-24(15)8-1-2-8)14(21)13(20)16(12)23-5-3-10(25)22-4-6-23/h7-8H,1-6,21H2,(H,22,25)(H,27,28). The number of carboxylic acid groups (broad SMARTS) is 1. The number of halogens is 2. The van der Waals surface area contributed by atoms with Crippen LogP contribution in [0, 0.1) is 5.82 Å². The summed E-state index contributed by atoms with van der Waals surface area (Å²) in [5.74, 6) is -2.43. The number of nitrogens with one attached hydrogen (secondary N) is 1. The maximum atomic E-state index is 15.2. The van der Waals surface area contributed by atoms with Crippen molar-refractivity contribution in [3.63, 3.8) is 0 Å². The number of aromatic carboxylic acids is 1. The molecule has 1 aliphatic heterocycles. The van der Waals surface area contributed by atoms with Crippen LogP contribution in [-0.4, -0.2) is 41.2 Å². The van der Waals surface area contributed by atoms with Crippen molar-refractivity contribution in [2.75, 3.05) is 30.3 Å². The van der Waals surface area contributed by atoms with Crippen molar-refractivity contribution < 1.29 is 19.1 Å². The molecular weight excluding hydrogens is 391 g/mol. The molecule has 1 saturated carbocycles. The molecule has 4 rings (SSSR count). The predicted molar refractivity (Wildman–Crippen MR) is 103 cm³/mol. The van der Waals surface area contributed by atoms with Gasteiger partial charge in [-0.3, -0.25) is 9.59 Å². The topological polar surface area (TPSA) is 118 Å². The predicted octanol–water partition coefficient (Wildman–Crippen LogP) is 1.74. The third kappa shape index (κ3) is 2.86. The minimum Gasteiger partial charge on any atom is -0.477 e. The first-order chi connectivity index (χ1) is 13.3. The van der Waals surface area contributed by atoms with Crippen molar-refractivity contribution >= 4 is 45.8 Å². The number of carbonyl (C=O) groups is 2. The van der Waals surface area contributed by atoms with Crippen LogP contribution >= 0.6 is 11.6 Å². The summed E-state index contributed by atoms with van der Waals surface area (Å²) >= 11 is 6.57. The van der Waals surface area contributed by atoms with Crippen LogP contribution in [0.4, 0.5) is 15.8 Å². The first-order valence-corrected chi connectivity index (χ1v) is 9.29. The van der Waals surface area contributed by atoms with E-state index in [1.54, 1.807) is 9.47 Å². The number of fused-ring (bicyclic) bond motifs is 1. The molecule has 2 aliphatic rings. The Hall–Kier alpha value is -2.81. The lowest BCUT2D eigenvalue weighted by molar-refractivity contribution is -0.120. The number of anilines is 2. The number of pyridine rings is 1. The van der Waals surface area contributed by atoms with Crippen molar-refractivity contribution in [3.8, 4) is 0 Å². The second-order valence-corrected chi connectivity index (χ2v) is 7.39. The van der Waals surface area contributed by atoms with E-state index < -0.39 is 28.5 Å². The van der Waals surface area contributed by atoms with Crippen LogP contribution < -0.4 is 21.4 Å². The van der Waals surface area contributed by atoms with Gasteiger partial charge in [0.1, 0.15) is 5.56 Å². The monoisotopic (exact) mass is 408 g/mol. The van der Waals surface area contributed by atoms with Crippen LogP contribution in [0.5, 0.6) is 0 Å². The summed E-state index contributed by atoms with van der Waals surface area (Å²) in [7, 11) is 0. The lowest BCUT2D eigenvalue weighted by Gasteiger charge is -2.26. The van der Waals surface area contributed by atoms with Crippen LogP contribution in [0.1, 0.15) is 35.7 Å². The number of hydrogen-bond donors (Lipinski definition) is 3. The average Bonchev–Trinajstić information content (AvgIpc) is 3.48. The van der Waals surface area contributed by atoms with Crippen molar-refractivity contribution in [2.24, 2.45) is 0 Å². The minimum absolute atomic E-state index is 0.00279. The maximum Gasteiger partial charge on any atom is 0.341 e. The van der Waals surface area contributed by atoms with E-state index in [-0.39, 0.29) is 46.5 Å². The molecular formula is C18H18ClFN4O4. The van der Waals surface area contributed by atoms with Gasteiger partial charge in [0, 0.05) is 38.3 Å². The van der Waals surface area contributed by atoms with Crippen LogP contribution in [0.15, 0.2) is 11.0 Å². The Kier molecular flexibility index (Phi) is 4.41. The van der Waals surface area contributed by atoms with E-state index in [0.29, 0.717) is 13.1 Å². The Morgan fingerprint density at radius 2 is 2.04 bits per heavy atom. The smallest absolute Gasteiger partial charge is 0.341 e. The Morgan fingerprint density at radius 3 is 2.68 bits per heavy atom. The third-order valence-electron chi connectivity index (χ3n) is 5.16. The largest absolute Gasteiger partial charge is 0.477 e. The molecule has 1 aromatic heterocycles. The highest BCUT2D eigenvalue weighted by Gasteiger charge is 2.32. The van der Waals surface area contributed by atoms with Crippen LogP contribution in [0.2, 0.25) is 5.02 Å². The molecule has 0 spiro atoms. The molecule has 1 aromatic carbocycles. The first kappa shape index (κ1) is 18.5. The summed E-state index contributed by atoms with van der Waals surface area (Å²) in [5, 5.41) is 11.9. The zero-order valence-electron chi connectivity index (χ0n) is 14.8. The highest BCUT2D eigenvalue weighted by atomic mass is 35.5. The van der Waals surface area contributed by atoms with E-state index in [1.807, 2.05) is 0 Å². The molecule has 0 radical (unpaired) electrons. The lowest BCUT2D eigenvalue weighted by atomic mass is 10.1. The van der Waals surface area contributed by atoms with E-state index >= 15 is 4.39 Å². The Morgan fingerprint density at radius 1 is 1.32 bits per heavy atom. The molecule has 4 N–H and O–H groups in total. The fraction of sp³-hybridized carbons (Fsp3) is 0.389.